The van der Waals surface area contributed by atoms with Crippen molar-refractivity contribution in [1.82, 2.24) is 10.3 Å². The van der Waals surface area contributed by atoms with E-state index in [9.17, 15) is 4.79 Å². The normalized spacial score (nSPS) is 15.6. The number of pyridine rings is 1. The molecule has 2 aromatic rings. The average molecular weight is 329 g/mol. The first-order valence-corrected chi connectivity index (χ1v) is 9.09. The number of rotatable bonds is 5. The number of aryl methyl sites for hydroxylation is 1. The van der Waals surface area contributed by atoms with Gasteiger partial charge in [-0.2, -0.15) is 0 Å². The van der Waals surface area contributed by atoms with E-state index in [-0.39, 0.29) is 11.8 Å². The summed E-state index contributed by atoms with van der Waals surface area (Å²) in [5.74, 6) is 1.37. The van der Waals surface area contributed by atoms with Gasteiger partial charge in [0.05, 0.1) is 0 Å². The molecular weight excluding hydrogens is 306 g/mol. The highest BCUT2D eigenvalue weighted by atomic mass is 32.1. The smallest absolute Gasteiger partial charge is 0.223 e. The van der Waals surface area contributed by atoms with Crippen molar-refractivity contribution in [3.8, 4) is 0 Å². The lowest BCUT2D eigenvalue weighted by atomic mass is 9.96. The molecule has 0 radical (unpaired) electrons. The first kappa shape index (κ1) is 16.0. The molecule has 3 rings (SSSR count). The van der Waals surface area contributed by atoms with Gasteiger partial charge < -0.3 is 10.2 Å². The Labute approximate surface area is 141 Å². The van der Waals surface area contributed by atoms with Crippen LogP contribution in [0.4, 0.5) is 5.82 Å². The number of anilines is 1. The van der Waals surface area contributed by atoms with Gasteiger partial charge in [0, 0.05) is 36.1 Å². The molecule has 1 amide bonds. The van der Waals surface area contributed by atoms with E-state index in [4.69, 9.17) is 0 Å². The maximum atomic E-state index is 12.3. The molecule has 1 N–H and O–H groups in total. The number of nitrogens with zero attached hydrogens (tertiary/aromatic N) is 2. The van der Waals surface area contributed by atoms with Crippen molar-refractivity contribution in [3.63, 3.8) is 0 Å². The van der Waals surface area contributed by atoms with Gasteiger partial charge in [-0.25, -0.2) is 4.98 Å². The SMILES string of the molecule is Cc1cccc(N2CCC(C(=O)NCCc3cccs3)CC2)n1. The van der Waals surface area contributed by atoms with E-state index in [0.717, 1.165) is 50.4 Å². The zero-order valence-corrected chi connectivity index (χ0v) is 14.3. The number of nitrogens with one attached hydrogen (secondary N) is 1. The molecular formula is C18H23N3OS. The van der Waals surface area contributed by atoms with Crippen LogP contribution in [0.3, 0.4) is 0 Å². The van der Waals surface area contributed by atoms with Gasteiger partial charge in [-0.3, -0.25) is 4.79 Å². The van der Waals surface area contributed by atoms with Crippen molar-refractivity contribution < 1.29 is 4.79 Å². The molecule has 23 heavy (non-hydrogen) atoms. The molecule has 3 heterocycles. The van der Waals surface area contributed by atoms with Gasteiger partial charge in [0.15, 0.2) is 0 Å². The molecule has 2 aromatic heterocycles. The average Bonchev–Trinajstić information content (AvgIpc) is 3.08. The highest BCUT2D eigenvalue weighted by Crippen LogP contribution is 2.22. The number of hydrogen-bond donors (Lipinski definition) is 1. The first-order valence-electron chi connectivity index (χ1n) is 8.21. The van der Waals surface area contributed by atoms with Crippen molar-refractivity contribution in [2.45, 2.75) is 26.2 Å². The second-order valence-corrected chi connectivity index (χ2v) is 7.05. The lowest BCUT2D eigenvalue weighted by molar-refractivity contribution is -0.125. The Hall–Kier alpha value is -1.88. The Morgan fingerprint density at radius 1 is 1.30 bits per heavy atom. The van der Waals surface area contributed by atoms with Crippen molar-refractivity contribution >= 4 is 23.1 Å². The molecule has 1 saturated heterocycles. The lowest BCUT2D eigenvalue weighted by Crippen LogP contribution is -2.41. The lowest BCUT2D eigenvalue weighted by Gasteiger charge is -2.32. The van der Waals surface area contributed by atoms with E-state index < -0.39 is 0 Å². The molecule has 0 saturated carbocycles. The van der Waals surface area contributed by atoms with Crippen LogP contribution in [-0.4, -0.2) is 30.5 Å². The van der Waals surface area contributed by atoms with Crippen LogP contribution >= 0.6 is 11.3 Å². The van der Waals surface area contributed by atoms with Gasteiger partial charge >= 0.3 is 0 Å². The van der Waals surface area contributed by atoms with Gasteiger partial charge in [-0.15, -0.1) is 11.3 Å². The fourth-order valence-electron chi connectivity index (χ4n) is 2.98. The minimum Gasteiger partial charge on any atom is -0.357 e. The third kappa shape index (κ3) is 4.32. The monoisotopic (exact) mass is 329 g/mol. The maximum Gasteiger partial charge on any atom is 0.223 e. The number of amides is 1. The molecule has 0 atom stereocenters. The second kappa shape index (κ2) is 7.59. The van der Waals surface area contributed by atoms with Crippen LogP contribution in [-0.2, 0) is 11.2 Å². The standard InChI is InChI=1S/C18H23N3OS/c1-14-4-2-6-17(20-14)21-11-8-15(9-12-21)18(22)19-10-7-16-5-3-13-23-16/h2-6,13,15H,7-12H2,1H3,(H,19,22). The quantitative estimate of drug-likeness (QED) is 0.917. The van der Waals surface area contributed by atoms with Crippen LogP contribution < -0.4 is 10.2 Å². The van der Waals surface area contributed by atoms with Crippen molar-refractivity contribution in [3.05, 3.63) is 46.3 Å². The third-order valence-electron chi connectivity index (χ3n) is 4.31. The largest absolute Gasteiger partial charge is 0.357 e. The van der Waals surface area contributed by atoms with Gasteiger partial charge in [-0.05, 0) is 49.8 Å². The molecule has 1 aliphatic rings. The molecule has 122 valence electrons. The topological polar surface area (TPSA) is 45.2 Å². The molecule has 1 aliphatic heterocycles. The van der Waals surface area contributed by atoms with Crippen LogP contribution in [0.2, 0.25) is 0 Å². The van der Waals surface area contributed by atoms with Crippen LogP contribution in [0.5, 0.6) is 0 Å². The predicted molar refractivity (Wildman–Crippen MR) is 94.9 cm³/mol. The summed E-state index contributed by atoms with van der Waals surface area (Å²) in [7, 11) is 0. The summed E-state index contributed by atoms with van der Waals surface area (Å²) >= 11 is 1.74. The van der Waals surface area contributed by atoms with Crippen LogP contribution in [0.15, 0.2) is 35.7 Å². The second-order valence-electron chi connectivity index (χ2n) is 6.02. The number of carbonyl (C=O) groups excluding carboxylic acids is 1. The van der Waals surface area contributed by atoms with E-state index in [0.29, 0.717) is 0 Å². The van der Waals surface area contributed by atoms with Crippen LogP contribution in [0.25, 0.3) is 0 Å². The van der Waals surface area contributed by atoms with Crippen LogP contribution in [0.1, 0.15) is 23.4 Å². The number of aromatic nitrogens is 1. The van der Waals surface area contributed by atoms with Gasteiger partial charge in [0.25, 0.3) is 0 Å². The zero-order chi connectivity index (χ0) is 16.1. The van der Waals surface area contributed by atoms with Gasteiger partial charge in [-0.1, -0.05) is 12.1 Å². The van der Waals surface area contributed by atoms with E-state index in [1.54, 1.807) is 11.3 Å². The minimum atomic E-state index is 0.138. The Balaban J connectivity index is 1.44. The molecule has 1 fully saturated rings. The fraction of sp³-hybridized carbons (Fsp3) is 0.444. The van der Waals surface area contributed by atoms with Gasteiger partial charge in [0.2, 0.25) is 5.91 Å². The van der Waals surface area contributed by atoms with Crippen molar-refractivity contribution in [2.24, 2.45) is 5.92 Å². The first-order chi connectivity index (χ1) is 11.2. The molecule has 0 bridgehead atoms. The zero-order valence-electron chi connectivity index (χ0n) is 13.5. The van der Waals surface area contributed by atoms with E-state index in [2.05, 4.69) is 38.8 Å². The van der Waals surface area contributed by atoms with Crippen molar-refractivity contribution in [2.75, 3.05) is 24.5 Å². The van der Waals surface area contributed by atoms with E-state index >= 15 is 0 Å². The molecule has 0 unspecified atom stereocenters. The Bertz CT molecular complexity index is 633. The molecule has 5 heteroatoms. The van der Waals surface area contributed by atoms with Gasteiger partial charge in [0.1, 0.15) is 5.82 Å². The summed E-state index contributed by atoms with van der Waals surface area (Å²) in [6, 6.07) is 10.3. The molecule has 0 aliphatic carbocycles. The Kier molecular flexibility index (Phi) is 5.28. The molecule has 0 spiro atoms. The fourth-order valence-corrected chi connectivity index (χ4v) is 3.69. The van der Waals surface area contributed by atoms with E-state index in [1.807, 2.05) is 19.1 Å². The number of hydrogen-bond acceptors (Lipinski definition) is 4. The molecule has 4 nitrogen and oxygen atoms in total. The molecule has 0 aromatic carbocycles. The highest BCUT2D eigenvalue weighted by Gasteiger charge is 2.25. The highest BCUT2D eigenvalue weighted by molar-refractivity contribution is 7.09. The van der Waals surface area contributed by atoms with E-state index in [1.165, 1.54) is 4.88 Å². The Morgan fingerprint density at radius 3 is 2.83 bits per heavy atom. The van der Waals surface area contributed by atoms with Crippen LogP contribution in [0, 0.1) is 12.8 Å². The maximum absolute atomic E-state index is 12.3. The minimum absolute atomic E-state index is 0.138. The number of piperidine rings is 1. The number of carbonyl (C=O) groups is 1. The predicted octanol–water partition coefficient (Wildman–Crippen LogP) is 3.03. The van der Waals surface area contributed by atoms with Crippen molar-refractivity contribution in [1.29, 1.82) is 0 Å². The summed E-state index contributed by atoms with van der Waals surface area (Å²) < 4.78 is 0. The third-order valence-corrected chi connectivity index (χ3v) is 5.25. The summed E-state index contributed by atoms with van der Waals surface area (Å²) in [4.78, 5) is 20.5. The summed E-state index contributed by atoms with van der Waals surface area (Å²) in [6.07, 6.45) is 2.73. The number of thiophene rings is 1. The summed E-state index contributed by atoms with van der Waals surface area (Å²) in [5.41, 5.74) is 1.04. The Morgan fingerprint density at radius 2 is 2.13 bits per heavy atom. The summed E-state index contributed by atoms with van der Waals surface area (Å²) in [6.45, 7) is 4.55. The summed E-state index contributed by atoms with van der Waals surface area (Å²) in [5, 5.41) is 5.16.